The van der Waals surface area contributed by atoms with Gasteiger partial charge in [-0.25, -0.2) is 13.2 Å². The van der Waals surface area contributed by atoms with Crippen molar-refractivity contribution < 1.29 is 18.3 Å². The predicted molar refractivity (Wildman–Crippen MR) is 74.4 cm³/mol. The Morgan fingerprint density at radius 2 is 1.80 bits per heavy atom. The van der Waals surface area contributed by atoms with Gasteiger partial charge in [0.25, 0.3) is 10.0 Å². The van der Waals surface area contributed by atoms with Crippen molar-refractivity contribution in [3.8, 4) is 11.1 Å². The number of rotatable bonds is 1. The highest BCUT2D eigenvalue weighted by Gasteiger charge is 2.32. The van der Waals surface area contributed by atoms with Gasteiger partial charge >= 0.3 is 5.97 Å². The fraction of sp³-hybridized carbons (Fsp3) is 0.0714. The van der Waals surface area contributed by atoms with Gasteiger partial charge in [-0.1, -0.05) is 18.2 Å². The molecule has 102 valence electrons. The summed E-state index contributed by atoms with van der Waals surface area (Å²) in [6, 6.07) is 11.0. The lowest BCUT2D eigenvalue weighted by atomic mass is 10.0. The van der Waals surface area contributed by atoms with Crippen molar-refractivity contribution in [2.45, 2.75) is 4.90 Å². The van der Waals surface area contributed by atoms with Crippen LogP contribution in [0.25, 0.3) is 11.1 Å². The molecular formula is C14H11NO4S. The first-order valence-electron chi connectivity index (χ1n) is 5.88. The number of carboxylic acid groups (broad SMARTS) is 1. The lowest BCUT2D eigenvalue weighted by Crippen LogP contribution is -2.30. The van der Waals surface area contributed by atoms with E-state index in [9.17, 15) is 13.2 Å². The first-order chi connectivity index (χ1) is 9.43. The van der Waals surface area contributed by atoms with Crippen LogP contribution in [0.15, 0.2) is 47.4 Å². The van der Waals surface area contributed by atoms with Gasteiger partial charge < -0.3 is 5.11 Å². The summed E-state index contributed by atoms with van der Waals surface area (Å²) in [5, 5.41) is 9.07. The molecule has 0 saturated carbocycles. The van der Waals surface area contributed by atoms with Crippen LogP contribution in [0.1, 0.15) is 10.4 Å². The molecule has 0 radical (unpaired) electrons. The SMILES string of the molecule is CN1c2ccc(C(=O)O)cc2-c2ccccc2S1(=O)=O. The zero-order valence-corrected chi connectivity index (χ0v) is 11.4. The summed E-state index contributed by atoms with van der Waals surface area (Å²) < 4.78 is 26.0. The van der Waals surface area contributed by atoms with Crippen LogP contribution >= 0.6 is 0 Å². The van der Waals surface area contributed by atoms with E-state index in [1.54, 1.807) is 18.2 Å². The van der Waals surface area contributed by atoms with Crippen LogP contribution in [0.5, 0.6) is 0 Å². The van der Waals surface area contributed by atoms with E-state index in [1.165, 1.54) is 35.6 Å². The zero-order chi connectivity index (χ0) is 14.5. The number of carbonyl (C=O) groups is 1. The van der Waals surface area contributed by atoms with E-state index >= 15 is 0 Å². The van der Waals surface area contributed by atoms with E-state index < -0.39 is 16.0 Å². The van der Waals surface area contributed by atoms with Crippen LogP contribution in [-0.2, 0) is 10.0 Å². The summed E-state index contributed by atoms with van der Waals surface area (Å²) in [5.74, 6) is -1.04. The number of hydrogen-bond donors (Lipinski definition) is 1. The molecule has 0 saturated heterocycles. The normalized spacial score (nSPS) is 15.3. The molecule has 20 heavy (non-hydrogen) atoms. The molecular weight excluding hydrogens is 278 g/mol. The van der Waals surface area contributed by atoms with E-state index in [1.807, 2.05) is 0 Å². The zero-order valence-electron chi connectivity index (χ0n) is 10.6. The Balaban J connectivity index is 2.39. The standard InChI is InChI=1S/C14H11NO4S/c1-15-12-7-6-9(14(16)17)8-11(12)10-4-2-3-5-13(10)20(15,18)19/h2-8H,1H3,(H,16,17). The van der Waals surface area contributed by atoms with Crippen LogP contribution in [0, 0.1) is 0 Å². The van der Waals surface area contributed by atoms with Gasteiger partial charge in [-0.15, -0.1) is 0 Å². The smallest absolute Gasteiger partial charge is 0.335 e. The fourth-order valence-corrected chi connectivity index (χ4v) is 3.77. The molecule has 1 N–H and O–H groups in total. The summed E-state index contributed by atoms with van der Waals surface area (Å²) in [6.45, 7) is 0. The van der Waals surface area contributed by atoms with Gasteiger partial charge in [0.05, 0.1) is 16.1 Å². The second-order valence-electron chi connectivity index (χ2n) is 4.51. The molecule has 0 bridgehead atoms. The van der Waals surface area contributed by atoms with Gasteiger partial charge in [0, 0.05) is 18.2 Å². The molecule has 2 aromatic rings. The number of aromatic carboxylic acids is 1. The lowest BCUT2D eigenvalue weighted by molar-refractivity contribution is 0.0697. The Hall–Kier alpha value is -2.34. The summed E-state index contributed by atoms with van der Waals surface area (Å²) in [4.78, 5) is 11.3. The largest absolute Gasteiger partial charge is 0.478 e. The van der Waals surface area contributed by atoms with Crippen LogP contribution in [0.4, 0.5) is 5.69 Å². The van der Waals surface area contributed by atoms with E-state index in [0.29, 0.717) is 16.8 Å². The van der Waals surface area contributed by atoms with Crippen molar-refractivity contribution in [3.05, 3.63) is 48.0 Å². The van der Waals surface area contributed by atoms with Crippen molar-refractivity contribution in [2.75, 3.05) is 11.4 Å². The molecule has 0 amide bonds. The maximum absolute atomic E-state index is 12.4. The molecule has 0 fully saturated rings. The van der Waals surface area contributed by atoms with Crippen LogP contribution < -0.4 is 4.31 Å². The first-order valence-corrected chi connectivity index (χ1v) is 7.32. The monoisotopic (exact) mass is 289 g/mol. The van der Waals surface area contributed by atoms with Crippen molar-refractivity contribution in [1.29, 1.82) is 0 Å². The average molecular weight is 289 g/mol. The molecule has 0 aromatic heterocycles. The highest BCUT2D eigenvalue weighted by molar-refractivity contribution is 7.93. The predicted octanol–water partition coefficient (Wildman–Crippen LogP) is 2.19. The van der Waals surface area contributed by atoms with Gasteiger partial charge in [-0.05, 0) is 24.3 Å². The Morgan fingerprint density at radius 1 is 1.10 bits per heavy atom. The third-order valence-corrected chi connectivity index (χ3v) is 5.23. The number of fused-ring (bicyclic) bond motifs is 3. The van der Waals surface area contributed by atoms with Gasteiger partial charge in [0.2, 0.25) is 0 Å². The van der Waals surface area contributed by atoms with E-state index in [0.717, 1.165) is 0 Å². The molecule has 0 spiro atoms. The van der Waals surface area contributed by atoms with Crippen molar-refractivity contribution in [2.24, 2.45) is 0 Å². The third kappa shape index (κ3) is 1.61. The second kappa shape index (κ2) is 4.08. The number of anilines is 1. The molecule has 0 aliphatic carbocycles. The summed E-state index contributed by atoms with van der Waals surface area (Å²) in [7, 11) is -2.12. The Kier molecular flexibility index (Phi) is 2.58. The molecule has 0 atom stereocenters. The molecule has 1 heterocycles. The Morgan fingerprint density at radius 3 is 2.50 bits per heavy atom. The number of carboxylic acids is 1. The maximum atomic E-state index is 12.4. The quantitative estimate of drug-likeness (QED) is 0.873. The topological polar surface area (TPSA) is 74.7 Å². The van der Waals surface area contributed by atoms with Gasteiger partial charge in [0.1, 0.15) is 0 Å². The molecule has 5 nitrogen and oxygen atoms in total. The van der Waals surface area contributed by atoms with Crippen LogP contribution in [0.3, 0.4) is 0 Å². The highest BCUT2D eigenvalue weighted by Crippen LogP contribution is 2.42. The van der Waals surface area contributed by atoms with Gasteiger partial charge in [0.15, 0.2) is 0 Å². The summed E-state index contributed by atoms with van der Waals surface area (Å²) in [5.41, 5.74) is 1.75. The second-order valence-corrected chi connectivity index (χ2v) is 6.44. The minimum Gasteiger partial charge on any atom is -0.478 e. The summed E-state index contributed by atoms with van der Waals surface area (Å²) in [6.07, 6.45) is 0. The highest BCUT2D eigenvalue weighted by atomic mass is 32.2. The fourth-order valence-electron chi connectivity index (χ4n) is 2.35. The number of benzene rings is 2. The van der Waals surface area contributed by atoms with Crippen LogP contribution in [-0.4, -0.2) is 26.5 Å². The molecule has 1 aliphatic rings. The van der Waals surface area contributed by atoms with Gasteiger partial charge in [-0.2, -0.15) is 0 Å². The number of sulfonamides is 1. The van der Waals surface area contributed by atoms with E-state index in [2.05, 4.69) is 0 Å². The van der Waals surface area contributed by atoms with Crippen molar-refractivity contribution in [1.82, 2.24) is 0 Å². The number of hydrogen-bond acceptors (Lipinski definition) is 3. The molecule has 1 aliphatic heterocycles. The lowest BCUT2D eigenvalue weighted by Gasteiger charge is -2.29. The van der Waals surface area contributed by atoms with Crippen molar-refractivity contribution in [3.63, 3.8) is 0 Å². The summed E-state index contributed by atoms with van der Waals surface area (Å²) >= 11 is 0. The maximum Gasteiger partial charge on any atom is 0.335 e. The van der Waals surface area contributed by atoms with E-state index in [4.69, 9.17) is 5.11 Å². The van der Waals surface area contributed by atoms with Crippen LogP contribution in [0.2, 0.25) is 0 Å². The molecule has 3 rings (SSSR count). The van der Waals surface area contributed by atoms with Gasteiger partial charge in [-0.3, -0.25) is 4.31 Å². The molecule has 6 heteroatoms. The third-order valence-electron chi connectivity index (χ3n) is 3.40. The molecule has 2 aromatic carbocycles. The minimum atomic E-state index is -3.58. The minimum absolute atomic E-state index is 0.131. The molecule has 0 unspecified atom stereocenters. The number of nitrogens with zero attached hydrogens (tertiary/aromatic N) is 1. The first kappa shape index (κ1) is 12.7. The van der Waals surface area contributed by atoms with E-state index in [-0.39, 0.29) is 10.5 Å². The van der Waals surface area contributed by atoms with Crippen molar-refractivity contribution >= 4 is 21.7 Å². The Bertz CT molecular complexity index is 827. The average Bonchev–Trinajstić information content (AvgIpc) is 2.44. The Labute approximate surface area is 116 Å².